The lowest BCUT2D eigenvalue weighted by atomic mass is 9.72. The zero-order chi connectivity index (χ0) is 27.9. The number of hydrogen-bond donors (Lipinski definition) is 4. The fraction of sp³-hybridized carbons (Fsp3) is 0.625. The lowest BCUT2D eigenvalue weighted by Crippen LogP contribution is -2.45. The highest BCUT2D eigenvalue weighted by atomic mass is 32.2. The third kappa shape index (κ3) is 5.85. The molecular formula is C24H38N4O7S. The predicted octanol–water partition coefficient (Wildman–Crippen LogP) is 3.09. The molecule has 0 unspecified atom stereocenters. The van der Waals surface area contributed by atoms with Crippen molar-refractivity contribution in [2.24, 2.45) is 5.73 Å². The molecule has 11 nitrogen and oxygen atoms in total. The van der Waals surface area contributed by atoms with Crippen LogP contribution in [0.25, 0.3) is 0 Å². The number of nitrogens with one attached hydrogen (secondary N) is 2. The number of benzene rings is 1. The van der Waals surface area contributed by atoms with Crippen LogP contribution in [0.4, 0.5) is 4.79 Å². The number of alkyl carbamates (subject to hydrolysis) is 1. The maximum Gasteiger partial charge on any atom is 0.408 e. The summed E-state index contributed by atoms with van der Waals surface area (Å²) in [6.07, 6.45) is -0.990. The molecule has 1 amide bonds. The molecule has 1 atom stereocenters. The number of carbonyl (C=O) groups excluding carboxylic acids is 1. The van der Waals surface area contributed by atoms with E-state index in [2.05, 4.69) is 5.32 Å². The number of nitrogens with zero attached hydrogens (tertiary/aromatic N) is 1. The van der Waals surface area contributed by atoms with E-state index in [0.717, 1.165) is 9.87 Å². The van der Waals surface area contributed by atoms with E-state index < -0.39 is 50.7 Å². The maximum absolute atomic E-state index is 13.6. The van der Waals surface area contributed by atoms with Crippen LogP contribution in [0.3, 0.4) is 0 Å². The molecule has 12 heteroatoms. The van der Waals surface area contributed by atoms with Crippen LogP contribution in [0.2, 0.25) is 0 Å². The van der Waals surface area contributed by atoms with Gasteiger partial charge < -0.3 is 25.6 Å². The fourth-order valence-electron chi connectivity index (χ4n) is 4.15. The summed E-state index contributed by atoms with van der Waals surface area (Å²) >= 11 is 0. The number of fused-ring (bicyclic) bond motifs is 1. The zero-order valence-corrected chi connectivity index (χ0v) is 23.0. The second kappa shape index (κ2) is 9.79. The van der Waals surface area contributed by atoms with Crippen molar-refractivity contribution in [1.29, 1.82) is 5.41 Å². The molecule has 0 saturated carbocycles. The van der Waals surface area contributed by atoms with Crippen LogP contribution in [0.5, 0.6) is 5.75 Å². The Hall–Kier alpha value is -3.02. The third-order valence-corrected chi connectivity index (χ3v) is 8.51. The summed E-state index contributed by atoms with van der Waals surface area (Å²) < 4.78 is 39.0. The number of aliphatic carboxylic acids is 1. The van der Waals surface area contributed by atoms with Gasteiger partial charge in [-0.05, 0) is 72.1 Å². The van der Waals surface area contributed by atoms with E-state index in [-0.39, 0.29) is 24.3 Å². The number of sulfonamides is 1. The smallest absolute Gasteiger partial charge is 0.408 e. The number of rotatable bonds is 8. The Balaban J connectivity index is 2.26. The Morgan fingerprint density at radius 2 is 1.83 bits per heavy atom. The summed E-state index contributed by atoms with van der Waals surface area (Å²) in [5.74, 6) is -1.39. The minimum absolute atomic E-state index is 0.00695. The highest BCUT2D eigenvalue weighted by Crippen LogP contribution is 2.51. The van der Waals surface area contributed by atoms with E-state index in [1.807, 2.05) is 27.7 Å². The van der Waals surface area contributed by atoms with Crippen molar-refractivity contribution in [3.8, 4) is 5.75 Å². The van der Waals surface area contributed by atoms with E-state index >= 15 is 0 Å². The topological polar surface area (TPSA) is 172 Å². The summed E-state index contributed by atoms with van der Waals surface area (Å²) in [6, 6.07) is 1.73. The molecule has 1 aliphatic heterocycles. The first kappa shape index (κ1) is 29.2. The Morgan fingerprint density at radius 3 is 2.33 bits per heavy atom. The summed E-state index contributed by atoms with van der Waals surface area (Å²) in [5, 5.41) is 19.6. The van der Waals surface area contributed by atoms with Gasteiger partial charge in [-0.2, -0.15) is 0 Å². The van der Waals surface area contributed by atoms with Gasteiger partial charge in [0.1, 0.15) is 23.0 Å². The minimum Gasteiger partial charge on any atom is -0.487 e. The second-order valence-corrected chi connectivity index (χ2v) is 12.8. The number of hydrogen-bond acceptors (Lipinski definition) is 7. The Labute approximate surface area is 212 Å². The van der Waals surface area contributed by atoms with Gasteiger partial charge in [0.2, 0.25) is 5.96 Å². The van der Waals surface area contributed by atoms with Gasteiger partial charge >= 0.3 is 12.1 Å². The first-order valence-electron chi connectivity index (χ1n) is 11.6. The Morgan fingerprint density at radius 1 is 1.25 bits per heavy atom. The second-order valence-electron chi connectivity index (χ2n) is 10.9. The highest BCUT2D eigenvalue weighted by Gasteiger charge is 2.49. The first-order chi connectivity index (χ1) is 16.2. The quantitative estimate of drug-likeness (QED) is 0.295. The highest BCUT2D eigenvalue weighted by molar-refractivity contribution is 7.89. The lowest BCUT2D eigenvalue weighted by molar-refractivity contribution is -0.139. The van der Waals surface area contributed by atoms with Crippen LogP contribution in [0.15, 0.2) is 17.0 Å². The summed E-state index contributed by atoms with van der Waals surface area (Å²) in [4.78, 5) is 23.6. The van der Waals surface area contributed by atoms with Gasteiger partial charge in [0.15, 0.2) is 0 Å². The molecule has 0 spiro atoms. The van der Waals surface area contributed by atoms with Gasteiger partial charge in [0.05, 0.1) is 4.90 Å². The molecule has 202 valence electrons. The third-order valence-electron chi connectivity index (χ3n) is 6.55. The molecule has 0 radical (unpaired) electrons. The number of amides is 1. The molecule has 1 heterocycles. The van der Waals surface area contributed by atoms with Crippen LogP contribution in [-0.4, -0.2) is 59.6 Å². The Bertz CT molecular complexity index is 1150. The summed E-state index contributed by atoms with van der Waals surface area (Å²) in [7, 11) is -4.24. The molecule has 1 aromatic rings. The van der Waals surface area contributed by atoms with Crippen molar-refractivity contribution < 1.29 is 32.6 Å². The van der Waals surface area contributed by atoms with E-state index in [4.69, 9.17) is 20.6 Å². The molecule has 2 rings (SSSR count). The van der Waals surface area contributed by atoms with Crippen molar-refractivity contribution in [1.82, 2.24) is 9.62 Å². The van der Waals surface area contributed by atoms with E-state index in [1.54, 1.807) is 33.8 Å². The van der Waals surface area contributed by atoms with Gasteiger partial charge in [-0.15, -0.1) is 0 Å². The average Bonchev–Trinajstić information content (AvgIpc) is 2.86. The molecular weight excluding hydrogens is 488 g/mol. The van der Waals surface area contributed by atoms with Gasteiger partial charge in [-0.3, -0.25) is 5.41 Å². The average molecular weight is 527 g/mol. The minimum atomic E-state index is -4.24. The van der Waals surface area contributed by atoms with Crippen LogP contribution in [-0.2, 0) is 25.0 Å². The van der Waals surface area contributed by atoms with Crippen molar-refractivity contribution in [3.63, 3.8) is 0 Å². The number of nitrogens with two attached hydrogens (primary N) is 1. The van der Waals surface area contributed by atoms with Gasteiger partial charge in [-0.1, -0.05) is 13.8 Å². The van der Waals surface area contributed by atoms with Crippen LogP contribution in [0, 0.1) is 12.3 Å². The van der Waals surface area contributed by atoms with Crippen molar-refractivity contribution in [2.45, 2.75) is 95.8 Å². The SMILES string of the molecule is Cc1c(S(=O)(=O)N(CCC[C@H](NC(=O)OC(C)(C)C)C(=O)O)C(=N)N)ccc2c1C(C)(C)C(C)(C)O2. The largest absolute Gasteiger partial charge is 0.487 e. The van der Waals surface area contributed by atoms with Gasteiger partial charge in [0, 0.05) is 17.5 Å². The van der Waals surface area contributed by atoms with Crippen molar-refractivity contribution in [2.75, 3.05) is 6.54 Å². The van der Waals surface area contributed by atoms with E-state index in [0.29, 0.717) is 11.3 Å². The number of carbonyl (C=O) groups is 2. The normalized spacial score (nSPS) is 16.9. The lowest BCUT2D eigenvalue weighted by Gasteiger charge is -2.34. The van der Waals surface area contributed by atoms with Crippen LogP contribution < -0.4 is 15.8 Å². The van der Waals surface area contributed by atoms with E-state index in [1.165, 1.54) is 6.07 Å². The maximum atomic E-state index is 13.6. The monoisotopic (exact) mass is 526 g/mol. The first-order valence-corrected chi connectivity index (χ1v) is 13.1. The fourth-order valence-corrected chi connectivity index (χ4v) is 5.74. The molecule has 0 bridgehead atoms. The number of carboxylic acids is 1. The van der Waals surface area contributed by atoms with Gasteiger partial charge in [-0.25, -0.2) is 22.3 Å². The molecule has 0 fully saturated rings. The van der Waals surface area contributed by atoms with Crippen molar-refractivity contribution >= 4 is 28.0 Å². The van der Waals surface area contributed by atoms with Gasteiger partial charge in [0.25, 0.3) is 10.0 Å². The zero-order valence-electron chi connectivity index (χ0n) is 22.2. The number of ether oxygens (including phenoxy) is 2. The summed E-state index contributed by atoms with van der Waals surface area (Å²) in [6.45, 7) is 14.2. The summed E-state index contributed by atoms with van der Waals surface area (Å²) in [5.41, 5.74) is 5.06. The predicted molar refractivity (Wildman–Crippen MR) is 135 cm³/mol. The van der Waals surface area contributed by atoms with Crippen LogP contribution in [0.1, 0.15) is 72.4 Å². The molecule has 5 N–H and O–H groups in total. The van der Waals surface area contributed by atoms with Crippen molar-refractivity contribution in [3.05, 3.63) is 23.3 Å². The molecule has 0 aromatic heterocycles. The number of guanidine groups is 1. The molecule has 1 aromatic carbocycles. The number of carboxylic acid groups (broad SMARTS) is 1. The molecule has 36 heavy (non-hydrogen) atoms. The molecule has 1 aliphatic rings. The molecule has 0 aliphatic carbocycles. The molecule has 0 saturated heterocycles. The Kier molecular flexibility index (Phi) is 7.95. The standard InChI is InChI=1S/C24H38N4O7S/c1-14-17(12-11-16-18(14)23(5,6)24(7,8)34-16)36(32,33)28(20(25)26)13-9-10-15(19(29)30)27-21(31)35-22(2,3)4/h11-12,15H,9-10,13H2,1-8H3,(H3,25,26)(H,27,31)(H,29,30)/t15-/m0/s1. The van der Waals surface area contributed by atoms with E-state index in [9.17, 15) is 23.1 Å². The van der Waals surface area contributed by atoms with Crippen LogP contribution >= 0.6 is 0 Å².